The van der Waals surface area contributed by atoms with Crippen LogP contribution in [-0.2, 0) is 4.79 Å². The number of ether oxygens (including phenoxy) is 1. The van der Waals surface area contributed by atoms with Crippen LogP contribution in [0.15, 0.2) is 77.7 Å². The van der Waals surface area contributed by atoms with Gasteiger partial charge in [-0.3, -0.25) is 9.59 Å². The number of methoxy groups -OCH3 is 1. The SMILES string of the molecule is COc1ccc(NC(=O)c2ccccc2SCC(=O)Nc2ccc(C)cc2)cc1. The summed E-state index contributed by atoms with van der Waals surface area (Å²) in [5, 5.41) is 5.74. The maximum absolute atomic E-state index is 12.7. The van der Waals surface area contributed by atoms with Gasteiger partial charge in [-0.2, -0.15) is 0 Å². The molecule has 29 heavy (non-hydrogen) atoms. The van der Waals surface area contributed by atoms with E-state index in [2.05, 4.69) is 10.6 Å². The molecular weight excluding hydrogens is 384 g/mol. The van der Waals surface area contributed by atoms with Crippen LogP contribution in [0.3, 0.4) is 0 Å². The molecule has 148 valence electrons. The molecule has 6 heteroatoms. The minimum Gasteiger partial charge on any atom is -0.497 e. The molecule has 0 fully saturated rings. The largest absolute Gasteiger partial charge is 0.497 e. The Hall–Kier alpha value is -3.25. The molecule has 0 saturated carbocycles. The van der Waals surface area contributed by atoms with Crippen molar-refractivity contribution in [1.29, 1.82) is 0 Å². The molecule has 0 heterocycles. The van der Waals surface area contributed by atoms with E-state index in [0.717, 1.165) is 21.9 Å². The number of hydrogen-bond acceptors (Lipinski definition) is 4. The monoisotopic (exact) mass is 406 g/mol. The Bertz CT molecular complexity index is 986. The molecule has 0 saturated heterocycles. The number of rotatable bonds is 7. The van der Waals surface area contributed by atoms with Crippen LogP contribution < -0.4 is 15.4 Å². The van der Waals surface area contributed by atoms with Gasteiger partial charge in [-0.05, 0) is 55.5 Å². The third-order valence-corrected chi connectivity index (χ3v) is 5.25. The number of hydrogen-bond donors (Lipinski definition) is 2. The van der Waals surface area contributed by atoms with Crippen LogP contribution in [0.1, 0.15) is 15.9 Å². The lowest BCUT2D eigenvalue weighted by Gasteiger charge is -2.11. The zero-order valence-corrected chi connectivity index (χ0v) is 17.1. The first-order valence-electron chi connectivity index (χ1n) is 9.09. The summed E-state index contributed by atoms with van der Waals surface area (Å²) in [4.78, 5) is 25.7. The molecule has 0 spiro atoms. The van der Waals surface area contributed by atoms with Crippen LogP contribution in [0.5, 0.6) is 5.75 Å². The fraction of sp³-hybridized carbons (Fsp3) is 0.130. The molecule has 0 atom stereocenters. The van der Waals surface area contributed by atoms with Gasteiger partial charge in [0, 0.05) is 16.3 Å². The summed E-state index contributed by atoms with van der Waals surface area (Å²) in [5.74, 6) is 0.584. The molecule has 5 nitrogen and oxygen atoms in total. The highest BCUT2D eigenvalue weighted by Crippen LogP contribution is 2.24. The predicted octanol–water partition coefficient (Wildman–Crippen LogP) is 4.99. The van der Waals surface area contributed by atoms with Crippen molar-refractivity contribution in [2.75, 3.05) is 23.5 Å². The lowest BCUT2D eigenvalue weighted by atomic mass is 10.2. The number of thioether (sulfide) groups is 1. The van der Waals surface area contributed by atoms with E-state index >= 15 is 0 Å². The quantitative estimate of drug-likeness (QED) is 0.543. The Morgan fingerprint density at radius 2 is 1.48 bits per heavy atom. The summed E-state index contributed by atoms with van der Waals surface area (Å²) in [6, 6.07) is 22.0. The Balaban J connectivity index is 1.62. The summed E-state index contributed by atoms with van der Waals surface area (Å²) >= 11 is 1.33. The highest BCUT2D eigenvalue weighted by atomic mass is 32.2. The van der Waals surface area contributed by atoms with Gasteiger partial charge >= 0.3 is 0 Å². The van der Waals surface area contributed by atoms with Crippen molar-refractivity contribution < 1.29 is 14.3 Å². The fourth-order valence-corrected chi connectivity index (χ4v) is 3.48. The fourth-order valence-electron chi connectivity index (χ4n) is 2.63. The van der Waals surface area contributed by atoms with E-state index in [0.29, 0.717) is 11.3 Å². The summed E-state index contributed by atoms with van der Waals surface area (Å²) < 4.78 is 5.13. The maximum atomic E-state index is 12.7. The molecule has 3 rings (SSSR count). The highest BCUT2D eigenvalue weighted by molar-refractivity contribution is 8.00. The van der Waals surface area contributed by atoms with Crippen LogP contribution in [0.4, 0.5) is 11.4 Å². The standard InChI is InChI=1S/C23H22N2O3S/c1-16-7-9-17(10-8-16)24-22(26)15-29-21-6-4-3-5-20(21)23(27)25-18-11-13-19(28-2)14-12-18/h3-14H,15H2,1-2H3,(H,24,26)(H,25,27). The molecule has 0 aliphatic rings. The third-order valence-electron chi connectivity index (χ3n) is 4.17. The first-order chi connectivity index (χ1) is 14.0. The molecule has 3 aromatic carbocycles. The van der Waals surface area contributed by atoms with E-state index in [4.69, 9.17) is 4.74 Å². The number of nitrogens with one attached hydrogen (secondary N) is 2. The van der Waals surface area contributed by atoms with Crippen molar-refractivity contribution in [2.24, 2.45) is 0 Å². The van der Waals surface area contributed by atoms with E-state index in [1.165, 1.54) is 11.8 Å². The summed E-state index contributed by atoms with van der Waals surface area (Å²) in [6.07, 6.45) is 0. The maximum Gasteiger partial charge on any atom is 0.256 e. The van der Waals surface area contributed by atoms with E-state index in [1.807, 2.05) is 43.3 Å². The van der Waals surface area contributed by atoms with Gasteiger partial charge in [0.25, 0.3) is 5.91 Å². The smallest absolute Gasteiger partial charge is 0.256 e. The Kier molecular flexibility index (Phi) is 6.92. The number of amides is 2. The van der Waals surface area contributed by atoms with Gasteiger partial charge in [0.2, 0.25) is 5.91 Å². The average molecular weight is 407 g/mol. The van der Waals surface area contributed by atoms with Crippen LogP contribution in [0.25, 0.3) is 0 Å². The minimum absolute atomic E-state index is 0.121. The first kappa shape index (κ1) is 20.5. The normalized spacial score (nSPS) is 10.3. The summed E-state index contributed by atoms with van der Waals surface area (Å²) in [7, 11) is 1.59. The number of aryl methyl sites for hydroxylation is 1. The summed E-state index contributed by atoms with van der Waals surface area (Å²) in [6.45, 7) is 2.00. The third kappa shape index (κ3) is 5.86. The van der Waals surface area contributed by atoms with Crippen LogP contribution in [-0.4, -0.2) is 24.7 Å². The van der Waals surface area contributed by atoms with E-state index in [1.54, 1.807) is 43.5 Å². The molecular formula is C23H22N2O3S. The van der Waals surface area contributed by atoms with Crippen molar-refractivity contribution in [2.45, 2.75) is 11.8 Å². The molecule has 0 aliphatic heterocycles. The van der Waals surface area contributed by atoms with Crippen molar-refractivity contribution in [3.8, 4) is 5.75 Å². The van der Waals surface area contributed by atoms with Crippen molar-refractivity contribution in [3.05, 3.63) is 83.9 Å². The van der Waals surface area contributed by atoms with Gasteiger partial charge in [-0.25, -0.2) is 0 Å². The molecule has 0 bridgehead atoms. The second-order valence-electron chi connectivity index (χ2n) is 6.38. The Labute approximate surface area is 174 Å². The predicted molar refractivity (Wildman–Crippen MR) is 118 cm³/mol. The van der Waals surface area contributed by atoms with Crippen LogP contribution in [0.2, 0.25) is 0 Å². The molecule has 3 aromatic rings. The van der Waals surface area contributed by atoms with Crippen LogP contribution in [0, 0.1) is 6.92 Å². The number of carbonyl (C=O) groups is 2. The lowest BCUT2D eigenvalue weighted by molar-refractivity contribution is -0.113. The first-order valence-corrected chi connectivity index (χ1v) is 10.1. The van der Waals surface area contributed by atoms with E-state index in [9.17, 15) is 9.59 Å². The molecule has 0 radical (unpaired) electrons. The second-order valence-corrected chi connectivity index (χ2v) is 7.40. The van der Waals surface area contributed by atoms with Gasteiger partial charge in [0.1, 0.15) is 5.75 Å². The molecule has 0 unspecified atom stereocenters. The van der Waals surface area contributed by atoms with Gasteiger partial charge < -0.3 is 15.4 Å². The molecule has 2 amide bonds. The Morgan fingerprint density at radius 1 is 0.862 bits per heavy atom. The second kappa shape index (κ2) is 9.80. The van der Waals surface area contributed by atoms with Gasteiger partial charge in [0.15, 0.2) is 0 Å². The van der Waals surface area contributed by atoms with Gasteiger partial charge in [0.05, 0.1) is 18.4 Å². The highest BCUT2D eigenvalue weighted by Gasteiger charge is 2.13. The zero-order valence-electron chi connectivity index (χ0n) is 16.3. The van der Waals surface area contributed by atoms with Crippen molar-refractivity contribution in [1.82, 2.24) is 0 Å². The van der Waals surface area contributed by atoms with Crippen molar-refractivity contribution in [3.63, 3.8) is 0 Å². The van der Waals surface area contributed by atoms with Crippen LogP contribution >= 0.6 is 11.8 Å². The topological polar surface area (TPSA) is 67.4 Å². The summed E-state index contributed by atoms with van der Waals surface area (Å²) in [5.41, 5.74) is 3.09. The number of carbonyl (C=O) groups excluding carboxylic acids is 2. The van der Waals surface area contributed by atoms with E-state index in [-0.39, 0.29) is 17.6 Å². The van der Waals surface area contributed by atoms with E-state index < -0.39 is 0 Å². The molecule has 0 aromatic heterocycles. The molecule has 0 aliphatic carbocycles. The Morgan fingerprint density at radius 3 is 2.17 bits per heavy atom. The number of anilines is 2. The zero-order chi connectivity index (χ0) is 20.6. The molecule has 2 N–H and O–H groups in total. The average Bonchev–Trinajstić information content (AvgIpc) is 2.74. The van der Waals surface area contributed by atoms with Gasteiger partial charge in [-0.1, -0.05) is 29.8 Å². The van der Waals surface area contributed by atoms with Gasteiger partial charge in [-0.15, -0.1) is 11.8 Å². The number of benzene rings is 3. The lowest BCUT2D eigenvalue weighted by Crippen LogP contribution is -2.15. The van der Waals surface area contributed by atoms with Crippen molar-refractivity contribution >= 4 is 35.0 Å². The minimum atomic E-state index is -0.225.